The molecule has 1 fully saturated rings. The van der Waals surface area contributed by atoms with Gasteiger partial charge in [-0.05, 0) is 38.0 Å². The largest absolute Gasteiger partial charge is 0.399 e. The number of ether oxygens (including phenoxy) is 1. The lowest BCUT2D eigenvalue weighted by atomic mass is 10.0. The second-order valence-electron chi connectivity index (χ2n) is 4.85. The number of aromatic nitrogens is 2. The van der Waals surface area contributed by atoms with E-state index in [1.54, 1.807) is 18.2 Å². The second kappa shape index (κ2) is 4.51. The van der Waals surface area contributed by atoms with E-state index >= 15 is 0 Å². The topological polar surface area (TPSA) is 74.2 Å². The third-order valence-corrected chi connectivity index (χ3v) is 3.67. The summed E-state index contributed by atoms with van der Waals surface area (Å²) in [5.41, 5.74) is 6.52. The van der Waals surface area contributed by atoms with Gasteiger partial charge in [0.2, 0.25) is 5.82 Å². The van der Waals surface area contributed by atoms with Gasteiger partial charge in [0.1, 0.15) is 5.60 Å². The predicted molar refractivity (Wildman–Crippen MR) is 71.7 cm³/mol. The van der Waals surface area contributed by atoms with Gasteiger partial charge in [0.05, 0.1) is 10.6 Å². The van der Waals surface area contributed by atoms with E-state index in [-0.39, 0.29) is 0 Å². The molecule has 0 amide bonds. The van der Waals surface area contributed by atoms with Crippen LogP contribution in [0.5, 0.6) is 0 Å². The molecule has 2 aromatic rings. The molecule has 0 radical (unpaired) electrons. The fourth-order valence-corrected chi connectivity index (χ4v) is 2.41. The molecule has 1 aromatic carbocycles. The van der Waals surface area contributed by atoms with Crippen molar-refractivity contribution in [3.05, 3.63) is 29.0 Å². The van der Waals surface area contributed by atoms with Gasteiger partial charge in [-0.3, -0.25) is 0 Å². The van der Waals surface area contributed by atoms with E-state index in [1.165, 1.54) is 0 Å². The Balaban J connectivity index is 1.99. The molecule has 0 spiro atoms. The Labute approximate surface area is 115 Å². The highest BCUT2D eigenvalue weighted by atomic mass is 35.5. The van der Waals surface area contributed by atoms with E-state index < -0.39 is 5.60 Å². The molecule has 1 unspecified atom stereocenters. The van der Waals surface area contributed by atoms with Crippen molar-refractivity contribution in [2.45, 2.75) is 25.4 Å². The van der Waals surface area contributed by atoms with Crippen molar-refractivity contribution in [3.63, 3.8) is 0 Å². The van der Waals surface area contributed by atoms with Gasteiger partial charge in [-0.1, -0.05) is 16.8 Å². The average molecular weight is 280 g/mol. The van der Waals surface area contributed by atoms with Gasteiger partial charge in [0, 0.05) is 12.3 Å². The van der Waals surface area contributed by atoms with Crippen molar-refractivity contribution < 1.29 is 9.26 Å². The normalized spacial score (nSPS) is 22.8. The van der Waals surface area contributed by atoms with Crippen LogP contribution in [0.4, 0.5) is 5.69 Å². The SMILES string of the molecule is CC1(c2noc(-c3cc(N)ccc3Cl)n2)CCCO1. The van der Waals surface area contributed by atoms with E-state index in [0.29, 0.717) is 28.0 Å². The van der Waals surface area contributed by atoms with Crippen LogP contribution in [0, 0.1) is 0 Å². The summed E-state index contributed by atoms with van der Waals surface area (Å²) in [5.74, 6) is 0.919. The van der Waals surface area contributed by atoms with Crippen LogP contribution in [0.15, 0.2) is 22.7 Å². The number of anilines is 1. The third-order valence-electron chi connectivity index (χ3n) is 3.34. The maximum Gasteiger partial charge on any atom is 0.259 e. The summed E-state index contributed by atoms with van der Waals surface area (Å²) in [6.07, 6.45) is 1.88. The molecule has 0 saturated carbocycles. The quantitative estimate of drug-likeness (QED) is 0.856. The summed E-state index contributed by atoms with van der Waals surface area (Å²) < 4.78 is 11.0. The molecule has 1 aromatic heterocycles. The first kappa shape index (κ1) is 12.4. The van der Waals surface area contributed by atoms with Crippen molar-refractivity contribution in [1.82, 2.24) is 10.1 Å². The molecule has 1 atom stereocenters. The highest BCUT2D eigenvalue weighted by Crippen LogP contribution is 2.36. The van der Waals surface area contributed by atoms with Gasteiger partial charge >= 0.3 is 0 Å². The zero-order chi connectivity index (χ0) is 13.5. The molecular weight excluding hydrogens is 266 g/mol. The fourth-order valence-electron chi connectivity index (χ4n) is 2.21. The summed E-state index contributed by atoms with van der Waals surface area (Å²) in [5, 5.41) is 4.54. The smallest absolute Gasteiger partial charge is 0.259 e. The standard InChI is InChI=1S/C13H14ClN3O2/c1-13(5-2-6-18-13)12-16-11(19-17-12)9-7-8(15)3-4-10(9)14/h3-4,7H,2,5-6,15H2,1H3. The molecule has 6 heteroatoms. The van der Waals surface area contributed by atoms with Gasteiger partial charge in [0.25, 0.3) is 5.89 Å². The predicted octanol–water partition coefficient (Wildman–Crippen LogP) is 3.00. The molecule has 100 valence electrons. The number of nitrogen functional groups attached to an aromatic ring is 1. The van der Waals surface area contributed by atoms with Gasteiger partial charge in [-0.25, -0.2) is 0 Å². The number of benzene rings is 1. The van der Waals surface area contributed by atoms with Crippen molar-refractivity contribution in [3.8, 4) is 11.5 Å². The minimum Gasteiger partial charge on any atom is -0.399 e. The van der Waals surface area contributed by atoms with Crippen LogP contribution < -0.4 is 5.73 Å². The fraction of sp³-hybridized carbons (Fsp3) is 0.385. The third kappa shape index (κ3) is 2.19. The maximum atomic E-state index is 6.12. The van der Waals surface area contributed by atoms with Gasteiger partial charge in [0.15, 0.2) is 0 Å². The first-order chi connectivity index (χ1) is 9.08. The van der Waals surface area contributed by atoms with Crippen LogP contribution >= 0.6 is 11.6 Å². The minimum absolute atomic E-state index is 0.365. The van der Waals surface area contributed by atoms with Crippen molar-refractivity contribution >= 4 is 17.3 Å². The Bertz CT molecular complexity index is 606. The molecule has 3 rings (SSSR count). The lowest BCUT2D eigenvalue weighted by Crippen LogP contribution is -2.21. The Kier molecular flexibility index (Phi) is 2.95. The van der Waals surface area contributed by atoms with Crippen LogP contribution in [-0.2, 0) is 10.3 Å². The number of nitrogens with two attached hydrogens (primary N) is 1. The van der Waals surface area contributed by atoms with E-state index in [4.69, 9.17) is 26.6 Å². The Morgan fingerprint density at radius 3 is 3.00 bits per heavy atom. The zero-order valence-electron chi connectivity index (χ0n) is 10.5. The van der Waals surface area contributed by atoms with Crippen LogP contribution in [0.2, 0.25) is 5.02 Å². The Hall–Kier alpha value is -1.59. The van der Waals surface area contributed by atoms with E-state index in [1.807, 2.05) is 6.92 Å². The maximum absolute atomic E-state index is 6.12. The Morgan fingerprint density at radius 1 is 1.42 bits per heavy atom. The van der Waals surface area contributed by atoms with Crippen LogP contribution in [0.25, 0.3) is 11.5 Å². The Morgan fingerprint density at radius 2 is 2.26 bits per heavy atom. The number of halogens is 1. The molecule has 0 bridgehead atoms. The number of nitrogens with zero attached hydrogens (tertiary/aromatic N) is 2. The second-order valence-corrected chi connectivity index (χ2v) is 5.25. The molecule has 19 heavy (non-hydrogen) atoms. The molecule has 2 heterocycles. The van der Waals surface area contributed by atoms with Crippen LogP contribution in [0.3, 0.4) is 0 Å². The lowest BCUT2D eigenvalue weighted by Gasteiger charge is -2.17. The van der Waals surface area contributed by atoms with Crippen molar-refractivity contribution in [1.29, 1.82) is 0 Å². The molecule has 1 saturated heterocycles. The summed E-state index contributed by atoms with van der Waals surface area (Å²) in [7, 11) is 0. The van der Waals surface area contributed by atoms with Crippen LogP contribution in [0.1, 0.15) is 25.6 Å². The highest BCUT2D eigenvalue weighted by Gasteiger charge is 2.36. The summed E-state index contributed by atoms with van der Waals surface area (Å²) in [6, 6.07) is 5.16. The van der Waals surface area contributed by atoms with Crippen LogP contribution in [-0.4, -0.2) is 16.7 Å². The van der Waals surface area contributed by atoms with Gasteiger partial charge in [-0.15, -0.1) is 0 Å². The summed E-state index contributed by atoms with van der Waals surface area (Å²) >= 11 is 6.12. The summed E-state index contributed by atoms with van der Waals surface area (Å²) in [4.78, 5) is 4.39. The van der Waals surface area contributed by atoms with Gasteiger partial charge in [-0.2, -0.15) is 4.98 Å². The molecule has 1 aliphatic rings. The first-order valence-corrected chi connectivity index (χ1v) is 6.50. The molecule has 1 aliphatic heterocycles. The van der Waals surface area contributed by atoms with E-state index in [0.717, 1.165) is 19.4 Å². The minimum atomic E-state index is -0.464. The van der Waals surface area contributed by atoms with E-state index in [2.05, 4.69) is 10.1 Å². The lowest BCUT2D eigenvalue weighted by molar-refractivity contribution is 0.00768. The average Bonchev–Trinajstić information content (AvgIpc) is 3.02. The molecule has 0 aliphatic carbocycles. The monoisotopic (exact) mass is 279 g/mol. The summed E-state index contributed by atoms with van der Waals surface area (Å²) in [6.45, 7) is 2.69. The van der Waals surface area contributed by atoms with Crippen molar-refractivity contribution in [2.24, 2.45) is 0 Å². The molecule has 2 N–H and O–H groups in total. The first-order valence-electron chi connectivity index (χ1n) is 6.12. The molecule has 5 nitrogen and oxygen atoms in total. The molecular formula is C13H14ClN3O2. The number of hydrogen-bond acceptors (Lipinski definition) is 5. The van der Waals surface area contributed by atoms with Crippen molar-refractivity contribution in [2.75, 3.05) is 12.3 Å². The number of hydrogen-bond donors (Lipinski definition) is 1. The van der Waals surface area contributed by atoms with E-state index in [9.17, 15) is 0 Å². The number of rotatable bonds is 2. The van der Waals surface area contributed by atoms with Gasteiger partial charge < -0.3 is 15.0 Å². The zero-order valence-corrected chi connectivity index (χ0v) is 11.3. The highest BCUT2D eigenvalue weighted by molar-refractivity contribution is 6.33.